The Balaban J connectivity index is 1.46. The molecule has 1 aliphatic carbocycles. The first-order valence-electron chi connectivity index (χ1n) is 13.0. The van der Waals surface area contributed by atoms with Gasteiger partial charge in [-0.05, 0) is 29.8 Å². The number of phenols is 1. The molecule has 3 aliphatic heterocycles. The number of phenolic OH excluding ortho intramolecular Hbond substituents is 1. The first-order chi connectivity index (χ1) is 20.0. The van der Waals surface area contributed by atoms with E-state index in [1.165, 1.54) is 43.5 Å². The molecule has 0 radical (unpaired) electrons. The Labute approximate surface area is 239 Å². The van der Waals surface area contributed by atoms with Crippen molar-refractivity contribution >= 4 is 17.9 Å². The topological polar surface area (TPSA) is 208 Å². The van der Waals surface area contributed by atoms with Crippen molar-refractivity contribution in [3.63, 3.8) is 0 Å². The number of benzene rings is 1. The summed E-state index contributed by atoms with van der Waals surface area (Å²) < 4.78 is 32.8. The third-order valence-electron chi connectivity index (χ3n) is 7.65. The Kier molecular flexibility index (Phi) is 8.11. The number of allylic oxidation sites excluding steroid dienone is 1. The lowest BCUT2D eigenvalue weighted by atomic mass is 9.78. The predicted octanol–water partition coefficient (Wildman–Crippen LogP) is -0.750. The number of esters is 3. The van der Waals surface area contributed by atoms with Gasteiger partial charge in [0.05, 0.1) is 30.4 Å². The van der Waals surface area contributed by atoms with Crippen LogP contribution < -0.4 is 0 Å². The van der Waals surface area contributed by atoms with Crippen molar-refractivity contribution in [3.05, 3.63) is 65.5 Å². The molecule has 42 heavy (non-hydrogen) atoms. The van der Waals surface area contributed by atoms with E-state index in [0.29, 0.717) is 5.56 Å². The van der Waals surface area contributed by atoms with Crippen LogP contribution in [0.5, 0.6) is 5.75 Å². The average molecular weight is 591 g/mol. The predicted molar refractivity (Wildman–Crippen MR) is 135 cm³/mol. The summed E-state index contributed by atoms with van der Waals surface area (Å²) in [5, 5.41) is 51.9. The van der Waals surface area contributed by atoms with E-state index in [2.05, 4.69) is 0 Å². The molecule has 1 aromatic rings. The fourth-order valence-corrected chi connectivity index (χ4v) is 5.49. The Bertz CT molecular complexity index is 1320. The van der Waals surface area contributed by atoms with Gasteiger partial charge in [0.25, 0.3) is 0 Å². The van der Waals surface area contributed by atoms with Gasteiger partial charge in [0, 0.05) is 12.8 Å². The minimum absolute atomic E-state index is 0.0340. The number of methoxy groups -OCH3 is 1. The van der Waals surface area contributed by atoms with E-state index in [-0.39, 0.29) is 16.9 Å². The molecule has 4 aliphatic rings. The molecule has 0 aromatic heterocycles. The number of carbonyl (C=O) groups excluding carboxylic acids is 3. The summed E-state index contributed by atoms with van der Waals surface area (Å²) in [7, 11) is 1.18. The van der Waals surface area contributed by atoms with Crippen molar-refractivity contribution in [2.24, 2.45) is 11.8 Å². The van der Waals surface area contributed by atoms with Gasteiger partial charge in [0.15, 0.2) is 11.9 Å². The van der Waals surface area contributed by atoms with Gasteiger partial charge in [-0.15, -0.1) is 0 Å². The fourth-order valence-electron chi connectivity index (χ4n) is 5.49. The molecule has 0 bridgehead atoms. The van der Waals surface area contributed by atoms with Gasteiger partial charge in [0.2, 0.25) is 6.29 Å². The van der Waals surface area contributed by atoms with Gasteiger partial charge < -0.3 is 54.0 Å². The quantitative estimate of drug-likeness (QED) is 0.150. The van der Waals surface area contributed by atoms with Gasteiger partial charge in [0.1, 0.15) is 42.9 Å². The molecule has 5 rings (SSSR count). The van der Waals surface area contributed by atoms with E-state index in [0.717, 1.165) is 13.2 Å². The molecule has 1 unspecified atom stereocenters. The summed E-state index contributed by atoms with van der Waals surface area (Å²) in [6.07, 6.45) is -5.27. The van der Waals surface area contributed by atoms with E-state index in [4.69, 9.17) is 28.4 Å². The molecule has 14 nitrogen and oxygen atoms in total. The summed E-state index contributed by atoms with van der Waals surface area (Å²) in [6, 6.07) is 5.58. The van der Waals surface area contributed by atoms with Crippen LogP contribution in [-0.2, 0) is 42.8 Å². The molecule has 1 saturated heterocycles. The van der Waals surface area contributed by atoms with Crippen LogP contribution in [-0.4, -0.2) is 99.8 Å². The lowest BCUT2D eigenvalue weighted by Crippen LogP contribution is -2.61. The number of hydrogen-bond donors (Lipinski definition) is 5. The highest BCUT2D eigenvalue weighted by Gasteiger charge is 2.60. The van der Waals surface area contributed by atoms with E-state index in [1.807, 2.05) is 0 Å². The van der Waals surface area contributed by atoms with Crippen LogP contribution in [0.15, 0.2) is 59.9 Å². The molecule has 0 saturated carbocycles. The number of aromatic hydroxyl groups is 1. The van der Waals surface area contributed by atoms with Gasteiger partial charge in [-0.2, -0.15) is 0 Å². The van der Waals surface area contributed by atoms with Gasteiger partial charge in [-0.3, -0.25) is 4.79 Å². The van der Waals surface area contributed by atoms with Crippen LogP contribution in [0, 0.1) is 11.8 Å². The normalized spacial score (nSPS) is 35.9. The standard InChI is InChI=1S/C28H30O14/c1-12(29)38-11-18-21(32)22(33)23(34)27(40-18)41-26-19-15(17(10-39-26)24(35)37-2)7-8-28(19)9-16(25(36)42-28)20(31)13-3-5-14(30)6-4-13/h3-10,15,18-23,26-27,30-34H,11H2,1-2H3/t15-,18-,19-,20?,21-,22+,23-,26+,27+,28-/m1/s1. The van der Waals surface area contributed by atoms with Crippen molar-refractivity contribution in [2.45, 2.75) is 55.6 Å². The van der Waals surface area contributed by atoms with Crippen LogP contribution >= 0.6 is 0 Å². The number of rotatable bonds is 7. The van der Waals surface area contributed by atoms with Crippen LogP contribution in [0.2, 0.25) is 0 Å². The van der Waals surface area contributed by atoms with E-state index in [1.54, 1.807) is 6.08 Å². The molecule has 1 fully saturated rings. The van der Waals surface area contributed by atoms with Crippen LogP contribution in [0.3, 0.4) is 0 Å². The zero-order valence-corrected chi connectivity index (χ0v) is 22.4. The second-order valence-corrected chi connectivity index (χ2v) is 10.3. The Morgan fingerprint density at radius 2 is 1.79 bits per heavy atom. The monoisotopic (exact) mass is 590 g/mol. The molecule has 1 spiro atoms. The minimum atomic E-state index is -1.78. The molecule has 10 atom stereocenters. The molecular formula is C28H30O14. The lowest BCUT2D eigenvalue weighted by molar-refractivity contribution is -0.344. The van der Waals surface area contributed by atoms with Crippen LogP contribution in [0.4, 0.5) is 0 Å². The number of hydrogen-bond acceptors (Lipinski definition) is 14. The third kappa shape index (κ3) is 5.28. The first kappa shape index (κ1) is 29.7. The highest BCUT2D eigenvalue weighted by Crippen LogP contribution is 2.51. The van der Waals surface area contributed by atoms with Crippen molar-refractivity contribution in [1.82, 2.24) is 0 Å². The number of fused-ring (bicyclic) bond motifs is 2. The number of carbonyl (C=O) groups is 3. The average Bonchev–Trinajstić information content (AvgIpc) is 3.51. The number of aliphatic hydroxyl groups is 4. The largest absolute Gasteiger partial charge is 0.508 e. The highest BCUT2D eigenvalue weighted by atomic mass is 16.8. The van der Waals surface area contributed by atoms with Crippen molar-refractivity contribution in [1.29, 1.82) is 0 Å². The second-order valence-electron chi connectivity index (χ2n) is 10.3. The molecule has 14 heteroatoms. The molecule has 1 aromatic carbocycles. The van der Waals surface area contributed by atoms with Gasteiger partial charge in [-0.1, -0.05) is 18.2 Å². The number of ether oxygens (including phenoxy) is 6. The highest BCUT2D eigenvalue weighted by molar-refractivity contribution is 5.94. The molecule has 0 amide bonds. The zero-order valence-electron chi connectivity index (χ0n) is 22.4. The fraction of sp³-hybridized carbons (Fsp3) is 0.464. The molecule has 226 valence electrons. The lowest BCUT2D eigenvalue weighted by Gasteiger charge is -2.44. The Morgan fingerprint density at radius 3 is 2.45 bits per heavy atom. The van der Waals surface area contributed by atoms with Gasteiger partial charge >= 0.3 is 17.9 Å². The third-order valence-corrected chi connectivity index (χ3v) is 7.65. The SMILES string of the molecule is COC(=O)C1=CO[C@@H](O[C@@H]2O[C@H](COC(C)=O)[C@@H](O)[C@H](O)[C@H]2O)[C@H]2[C@@H]1C=C[C@@]21C=C(C(O)c2ccc(O)cc2)C(=O)O1. The maximum absolute atomic E-state index is 13.1. The molecule has 3 heterocycles. The summed E-state index contributed by atoms with van der Waals surface area (Å²) in [6.45, 7) is 0.694. The maximum atomic E-state index is 13.1. The minimum Gasteiger partial charge on any atom is -0.508 e. The van der Waals surface area contributed by atoms with Crippen molar-refractivity contribution in [2.75, 3.05) is 13.7 Å². The summed E-state index contributed by atoms with van der Waals surface area (Å²) in [5.74, 6) is -4.09. The van der Waals surface area contributed by atoms with E-state index < -0.39 is 85.1 Å². The van der Waals surface area contributed by atoms with Crippen molar-refractivity contribution < 1.29 is 68.3 Å². The first-order valence-corrected chi connectivity index (χ1v) is 13.0. The summed E-state index contributed by atoms with van der Waals surface area (Å²) in [4.78, 5) is 36.9. The van der Waals surface area contributed by atoms with E-state index in [9.17, 15) is 39.9 Å². The van der Waals surface area contributed by atoms with Crippen LogP contribution in [0.25, 0.3) is 0 Å². The van der Waals surface area contributed by atoms with Gasteiger partial charge in [-0.25, -0.2) is 9.59 Å². The van der Waals surface area contributed by atoms with Crippen molar-refractivity contribution in [3.8, 4) is 5.75 Å². The second kappa shape index (κ2) is 11.5. The zero-order chi connectivity index (χ0) is 30.3. The maximum Gasteiger partial charge on any atom is 0.338 e. The molecule has 5 N–H and O–H groups in total. The Morgan fingerprint density at radius 1 is 1.07 bits per heavy atom. The number of aliphatic hydroxyl groups excluding tert-OH is 4. The smallest absolute Gasteiger partial charge is 0.338 e. The Hall–Kier alpha value is -3.79. The summed E-state index contributed by atoms with van der Waals surface area (Å²) >= 11 is 0. The van der Waals surface area contributed by atoms with Crippen LogP contribution in [0.1, 0.15) is 18.6 Å². The molecular weight excluding hydrogens is 560 g/mol. The van der Waals surface area contributed by atoms with E-state index >= 15 is 0 Å². The summed E-state index contributed by atoms with van der Waals surface area (Å²) in [5.41, 5.74) is -1.34.